The Morgan fingerprint density at radius 3 is 2.43 bits per heavy atom. The maximum absolute atomic E-state index is 13.6. The van der Waals surface area contributed by atoms with Crippen molar-refractivity contribution in [2.45, 2.75) is 31.8 Å². The topological polar surface area (TPSA) is 161 Å². The van der Waals surface area contributed by atoms with E-state index in [2.05, 4.69) is 32.5 Å². The molecule has 0 saturated carbocycles. The molecule has 0 bridgehead atoms. The molecule has 3 N–H and O–H groups in total. The summed E-state index contributed by atoms with van der Waals surface area (Å²) < 4.78 is 21.5. The number of nitrogens with one attached hydrogen (secondary N) is 2. The van der Waals surface area contributed by atoms with Gasteiger partial charge < -0.3 is 25.4 Å². The van der Waals surface area contributed by atoms with Gasteiger partial charge in [-0.2, -0.15) is 0 Å². The van der Waals surface area contributed by atoms with E-state index in [0.29, 0.717) is 28.1 Å². The molecule has 0 unspecified atom stereocenters. The van der Waals surface area contributed by atoms with Crippen LogP contribution in [0.1, 0.15) is 46.7 Å². The number of anilines is 1. The van der Waals surface area contributed by atoms with Crippen molar-refractivity contribution in [3.05, 3.63) is 117 Å². The van der Waals surface area contributed by atoms with Crippen LogP contribution in [0.15, 0.2) is 88.8 Å². The summed E-state index contributed by atoms with van der Waals surface area (Å²) >= 11 is 0. The molecule has 49 heavy (non-hydrogen) atoms. The van der Waals surface area contributed by atoms with Crippen molar-refractivity contribution in [3.8, 4) is 17.2 Å². The van der Waals surface area contributed by atoms with Crippen LogP contribution in [-0.4, -0.2) is 73.7 Å². The molecule has 0 spiro atoms. The molecule has 252 valence electrons. The number of aliphatic hydroxyl groups is 1. The van der Waals surface area contributed by atoms with Crippen molar-refractivity contribution in [2.75, 3.05) is 32.1 Å². The van der Waals surface area contributed by atoms with E-state index in [-0.39, 0.29) is 28.9 Å². The van der Waals surface area contributed by atoms with Gasteiger partial charge in [-0.3, -0.25) is 23.9 Å². The van der Waals surface area contributed by atoms with Gasteiger partial charge in [0.05, 0.1) is 30.0 Å². The zero-order valence-corrected chi connectivity index (χ0v) is 26.8. The fraction of sp³-hybridized carbons (Fsp3) is 0.257. The number of nitrogens with zero attached hydrogens (tertiary/aromatic N) is 5. The molecule has 3 aromatic heterocycles. The van der Waals surface area contributed by atoms with Gasteiger partial charge in [0, 0.05) is 29.5 Å². The highest BCUT2D eigenvalue weighted by Crippen LogP contribution is 2.30. The highest BCUT2D eigenvalue weighted by Gasteiger charge is 2.22. The maximum atomic E-state index is 13.6. The van der Waals surface area contributed by atoms with Crippen LogP contribution in [-0.2, 0) is 0 Å². The predicted molar refractivity (Wildman–Crippen MR) is 180 cm³/mol. The predicted octanol–water partition coefficient (Wildman–Crippen LogP) is 3.50. The van der Waals surface area contributed by atoms with Gasteiger partial charge in [-0.05, 0) is 101 Å². The standard InChI is InChI=1S/C35H34FN7O6/c1-21(20-44)42-19-28(34(47)43(35(42)48)25-7-3-22(36)4-8-25)32(45)39-23-5-9-26(10-6-23)49-31-11-14-37-30-18-38-29(17-27(30)31)33(46)40-24-12-15-41(2)16-13-24/h3-11,14,17-19,21,24,44H,12-13,15-16,20H2,1-2H3,(H,39,45)(H,40,46)/t21-/m1/s1. The zero-order chi connectivity index (χ0) is 34.7. The molecule has 2 aromatic carbocycles. The van der Waals surface area contributed by atoms with Gasteiger partial charge in [-0.15, -0.1) is 0 Å². The number of hydrogen-bond donors (Lipinski definition) is 3. The lowest BCUT2D eigenvalue weighted by molar-refractivity contribution is 0.0911. The summed E-state index contributed by atoms with van der Waals surface area (Å²) in [5.74, 6) is -0.765. The highest BCUT2D eigenvalue weighted by molar-refractivity contribution is 6.04. The summed E-state index contributed by atoms with van der Waals surface area (Å²) in [6.45, 7) is 2.95. The van der Waals surface area contributed by atoms with Crippen molar-refractivity contribution in [3.63, 3.8) is 0 Å². The Hall–Kier alpha value is -5.73. The third-order valence-electron chi connectivity index (χ3n) is 8.40. The molecule has 0 radical (unpaired) electrons. The molecule has 5 aromatic rings. The van der Waals surface area contributed by atoms with Crippen LogP contribution in [0.2, 0.25) is 0 Å². The number of likely N-dealkylation sites (tertiary alicyclic amines) is 1. The number of halogens is 1. The summed E-state index contributed by atoms with van der Waals surface area (Å²) in [6, 6.07) is 13.7. The second kappa shape index (κ2) is 14.2. The average molecular weight is 668 g/mol. The molecular formula is C35H34FN7O6. The number of hydrogen-bond acceptors (Lipinski definition) is 9. The normalized spacial score (nSPS) is 14.4. The largest absolute Gasteiger partial charge is 0.457 e. The van der Waals surface area contributed by atoms with E-state index < -0.39 is 35.6 Å². The van der Waals surface area contributed by atoms with Gasteiger partial charge in [0.2, 0.25) is 0 Å². The molecule has 1 fully saturated rings. The van der Waals surface area contributed by atoms with E-state index in [0.717, 1.165) is 53.4 Å². The van der Waals surface area contributed by atoms with Crippen LogP contribution >= 0.6 is 0 Å². The lowest BCUT2D eigenvalue weighted by atomic mass is 10.1. The number of benzene rings is 2. The first-order valence-corrected chi connectivity index (χ1v) is 15.7. The highest BCUT2D eigenvalue weighted by atomic mass is 19.1. The quantitative estimate of drug-likeness (QED) is 0.214. The Morgan fingerprint density at radius 1 is 1.02 bits per heavy atom. The van der Waals surface area contributed by atoms with Crippen molar-refractivity contribution in [2.24, 2.45) is 0 Å². The maximum Gasteiger partial charge on any atom is 0.335 e. The van der Waals surface area contributed by atoms with E-state index in [4.69, 9.17) is 4.74 Å². The number of aromatic nitrogens is 4. The third kappa shape index (κ3) is 7.24. The van der Waals surface area contributed by atoms with Gasteiger partial charge in [0.1, 0.15) is 28.6 Å². The summed E-state index contributed by atoms with van der Waals surface area (Å²) in [5, 5.41) is 16.0. The van der Waals surface area contributed by atoms with Crippen molar-refractivity contribution in [1.29, 1.82) is 0 Å². The van der Waals surface area contributed by atoms with Crippen LogP contribution in [0.25, 0.3) is 16.6 Å². The van der Waals surface area contributed by atoms with Crippen molar-refractivity contribution >= 4 is 28.4 Å². The summed E-state index contributed by atoms with van der Waals surface area (Å²) in [7, 11) is 2.06. The molecule has 1 saturated heterocycles. The van der Waals surface area contributed by atoms with E-state index in [9.17, 15) is 28.7 Å². The number of pyridine rings is 2. The molecule has 14 heteroatoms. The lowest BCUT2D eigenvalue weighted by Crippen LogP contribution is -2.43. The zero-order valence-electron chi connectivity index (χ0n) is 26.8. The van der Waals surface area contributed by atoms with Crippen LogP contribution in [0.3, 0.4) is 0 Å². The SMILES string of the molecule is C[C@H](CO)n1cc(C(=O)Nc2ccc(Oc3ccnc4cnc(C(=O)NC5CCN(C)CC5)cc34)cc2)c(=O)n(-c2ccc(F)cc2)c1=O. The third-order valence-corrected chi connectivity index (χ3v) is 8.40. The molecule has 1 atom stereocenters. The Bertz CT molecular complexity index is 2120. The Balaban J connectivity index is 1.21. The second-order valence-electron chi connectivity index (χ2n) is 11.9. The molecule has 6 rings (SSSR count). The minimum atomic E-state index is -0.908. The first-order chi connectivity index (χ1) is 23.6. The fourth-order valence-corrected chi connectivity index (χ4v) is 5.53. The number of fused-ring (bicyclic) bond motifs is 1. The van der Waals surface area contributed by atoms with Gasteiger partial charge in [0.15, 0.2) is 0 Å². The van der Waals surface area contributed by atoms with Crippen molar-refractivity contribution < 1.29 is 23.8 Å². The second-order valence-corrected chi connectivity index (χ2v) is 11.9. The molecule has 1 aliphatic heterocycles. The lowest BCUT2D eigenvalue weighted by Gasteiger charge is -2.29. The number of rotatable bonds is 9. The first kappa shape index (κ1) is 33.2. The van der Waals surface area contributed by atoms with Crippen LogP contribution < -0.4 is 26.6 Å². The number of aliphatic hydroxyl groups excluding tert-OH is 1. The van der Waals surface area contributed by atoms with E-state index in [1.54, 1.807) is 49.5 Å². The monoisotopic (exact) mass is 667 g/mol. The number of piperidine rings is 1. The first-order valence-electron chi connectivity index (χ1n) is 15.7. The smallest absolute Gasteiger partial charge is 0.335 e. The Kier molecular flexibility index (Phi) is 9.60. The fourth-order valence-electron chi connectivity index (χ4n) is 5.53. The average Bonchev–Trinajstić information content (AvgIpc) is 3.10. The van der Waals surface area contributed by atoms with E-state index >= 15 is 0 Å². The van der Waals surface area contributed by atoms with E-state index in [1.807, 2.05) is 0 Å². The number of carbonyl (C=O) groups excluding carboxylic acids is 2. The number of amides is 2. The number of carbonyl (C=O) groups is 2. The summed E-state index contributed by atoms with van der Waals surface area (Å²) in [5.41, 5.74) is -0.877. The van der Waals surface area contributed by atoms with Crippen LogP contribution in [0.5, 0.6) is 11.5 Å². The van der Waals surface area contributed by atoms with Gasteiger partial charge in [0.25, 0.3) is 17.4 Å². The molecule has 1 aliphatic rings. The minimum absolute atomic E-state index is 0.0656. The molecule has 13 nitrogen and oxygen atoms in total. The molecule has 0 aliphatic carbocycles. The van der Waals surface area contributed by atoms with Crippen molar-refractivity contribution in [1.82, 2.24) is 29.3 Å². The van der Waals surface area contributed by atoms with Gasteiger partial charge in [-0.25, -0.2) is 18.7 Å². The summed E-state index contributed by atoms with van der Waals surface area (Å²) in [6.07, 6.45) is 5.93. The molecule has 4 heterocycles. The molecular weight excluding hydrogens is 633 g/mol. The van der Waals surface area contributed by atoms with Crippen LogP contribution in [0.4, 0.5) is 10.1 Å². The minimum Gasteiger partial charge on any atom is -0.457 e. The Morgan fingerprint density at radius 2 is 1.73 bits per heavy atom. The molecule has 2 amide bonds. The Labute approximate surface area is 279 Å². The van der Waals surface area contributed by atoms with Gasteiger partial charge >= 0.3 is 5.69 Å². The van der Waals surface area contributed by atoms with E-state index in [1.165, 1.54) is 18.3 Å². The van der Waals surface area contributed by atoms with Gasteiger partial charge in [-0.1, -0.05) is 0 Å². The number of ether oxygens (including phenoxy) is 1. The van der Waals surface area contributed by atoms with Crippen LogP contribution in [0, 0.1) is 5.82 Å². The summed E-state index contributed by atoms with van der Waals surface area (Å²) in [4.78, 5) is 63.8.